The molecule has 0 bridgehead atoms. The number of nitrogens with two attached hydrogens (primary N) is 1. The molecule has 1 unspecified atom stereocenters. The number of hydrogen-bond donors (Lipinski definition) is 2. The smallest absolute Gasteiger partial charge is 0.269 e. The molecule has 128 valence electrons. The van der Waals surface area contributed by atoms with E-state index in [9.17, 15) is 19.2 Å². The summed E-state index contributed by atoms with van der Waals surface area (Å²) in [6.45, 7) is 0.301. The Morgan fingerprint density at radius 1 is 1.25 bits per heavy atom. The van der Waals surface area contributed by atoms with Crippen molar-refractivity contribution in [3.63, 3.8) is 0 Å². The topological polar surface area (TPSA) is 129 Å². The summed E-state index contributed by atoms with van der Waals surface area (Å²) in [5.41, 5.74) is 5.96. The highest BCUT2D eigenvalue weighted by atomic mass is 16.2. The van der Waals surface area contributed by atoms with Gasteiger partial charge in [-0.15, -0.1) is 0 Å². The SMILES string of the molecule is NC(=O)c1cc(C2CCCCN2C(=O)CN2C(=O)CCC2=O)[nH]n1. The molecule has 1 atom stereocenters. The predicted molar refractivity (Wildman–Crippen MR) is 81.4 cm³/mol. The first-order valence-corrected chi connectivity index (χ1v) is 7.95. The summed E-state index contributed by atoms with van der Waals surface area (Å²) in [4.78, 5) is 49.9. The molecule has 24 heavy (non-hydrogen) atoms. The number of H-pyrrole nitrogens is 1. The lowest BCUT2D eigenvalue weighted by Gasteiger charge is -2.35. The van der Waals surface area contributed by atoms with E-state index in [4.69, 9.17) is 5.73 Å². The number of amides is 4. The maximum Gasteiger partial charge on any atom is 0.269 e. The van der Waals surface area contributed by atoms with Gasteiger partial charge in [0.05, 0.1) is 11.7 Å². The van der Waals surface area contributed by atoms with Gasteiger partial charge < -0.3 is 10.6 Å². The van der Waals surface area contributed by atoms with Crippen LogP contribution in [0, 0.1) is 0 Å². The molecule has 9 nitrogen and oxygen atoms in total. The fraction of sp³-hybridized carbons (Fsp3) is 0.533. The first kappa shape index (κ1) is 16.2. The predicted octanol–water partition coefficient (Wildman–Crippen LogP) is -0.289. The van der Waals surface area contributed by atoms with E-state index < -0.39 is 5.91 Å². The highest BCUT2D eigenvalue weighted by Gasteiger charge is 2.35. The van der Waals surface area contributed by atoms with Crippen molar-refractivity contribution in [2.24, 2.45) is 5.73 Å². The van der Waals surface area contributed by atoms with Crippen molar-refractivity contribution in [2.75, 3.05) is 13.1 Å². The summed E-state index contributed by atoms with van der Waals surface area (Å²) in [6.07, 6.45) is 2.83. The van der Waals surface area contributed by atoms with Crippen LogP contribution in [0.5, 0.6) is 0 Å². The van der Waals surface area contributed by atoms with Gasteiger partial charge in [-0.1, -0.05) is 0 Å². The zero-order chi connectivity index (χ0) is 17.3. The van der Waals surface area contributed by atoms with Gasteiger partial charge in [0.2, 0.25) is 17.7 Å². The highest BCUT2D eigenvalue weighted by Crippen LogP contribution is 2.30. The number of imide groups is 1. The summed E-state index contributed by atoms with van der Waals surface area (Å²) in [7, 11) is 0. The molecule has 2 saturated heterocycles. The Morgan fingerprint density at radius 3 is 2.58 bits per heavy atom. The second kappa shape index (κ2) is 6.42. The van der Waals surface area contributed by atoms with Crippen LogP contribution < -0.4 is 5.73 Å². The summed E-state index contributed by atoms with van der Waals surface area (Å²) in [5, 5.41) is 6.62. The van der Waals surface area contributed by atoms with E-state index in [0.29, 0.717) is 18.7 Å². The monoisotopic (exact) mass is 333 g/mol. The van der Waals surface area contributed by atoms with Crippen molar-refractivity contribution >= 4 is 23.6 Å². The van der Waals surface area contributed by atoms with Crippen LogP contribution in [-0.2, 0) is 14.4 Å². The van der Waals surface area contributed by atoms with Crippen LogP contribution in [0.3, 0.4) is 0 Å². The number of nitrogens with zero attached hydrogens (tertiary/aromatic N) is 3. The maximum atomic E-state index is 12.6. The van der Waals surface area contributed by atoms with Crippen molar-refractivity contribution in [3.8, 4) is 0 Å². The Balaban J connectivity index is 1.76. The molecule has 3 rings (SSSR count). The van der Waals surface area contributed by atoms with Gasteiger partial charge in [-0.3, -0.25) is 29.2 Å². The molecule has 4 amide bonds. The molecule has 1 aromatic rings. The minimum Gasteiger partial charge on any atom is -0.364 e. The van der Waals surface area contributed by atoms with Crippen molar-refractivity contribution in [2.45, 2.75) is 38.1 Å². The minimum atomic E-state index is -0.639. The summed E-state index contributed by atoms with van der Waals surface area (Å²) < 4.78 is 0. The van der Waals surface area contributed by atoms with E-state index in [1.54, 1.807) is 11.0 Å². The first-order chi connectivity index (χ1) is 11.5. The molecule has 2 aliphatic heterocycles. The molecule has 3 N–H and O–H groups in total. The average molecular weight is 333 g/mol. The Morgan fingerprint density at radius 2 is 1.96 bits per heavy atom. The fourth-order valence-electron chi connectivity index (χ4n) is 3.21. The van der Waals surface area contributed by atoms with E-state index in [0.717, 1.165) is 17.7 Å². The van der Waals surface area contributed by atoms with Gasteiger partial charge in [0.15, 0.2) is 0 Å². The second-order valence-electron chi connectivity index (χ2n) is 6.05. The number of piperidine rings is 1. The van der Waals surface area contributed by atoms with Crippen molar-refractivity contribution in [3.05, 3.63) is 17.5 Å². The van der Waals surface area contributed by atoms with Gasteiger partial charge in [-0.25, -0.2) is 0 Å². The van der Waals surface area contributed by atoms with E-state index >= 15 is 0 Å². The van der Waals surface area contributed by atoms with Crippen molar-refractivity contribution in [1.82, 2.24) is 20.0 Å². The van der Waals surface area contributed by atoms with Crippen LogP contribution in [-0.4, -0.2) is 56.7 Å². The van der Waals surface area contributed by atoms with Crippen LogP contribution in [0.4, 0.5) is 0 Å². The zero-order valence-corrected chi connectivity index (χ0v) is 13.2. The van der Waals surface area contributed by atoms with Gasteiger partial charge in [-0.2, -0.15) is 5.10 Å². The molecule has 3 heterocycles. The van der Waals surface area contributed by atoms with Crippen molar-refractivity contribution < 1.29 is 19.2 Å². The standard InChI is InChI=1S/C15H19N5O4/c16-15(24)10-7-9(17-18-10)11-3-1-2-6-19(11)14(23)8-20-12(21)4-5-13(20)22/h7,11H,1-6,8H2,(H2,16,24)(H,17,18). The lowest BCUT2D eigenvalue weighted by atomic mass is 9.99. The lowest BCUT2D eigenvalue weighted by molar-refractivity contribution is -0.147. The van der Waals surface area contributed by atoms with Crippen LogP contribution in [0.2, 0.25) is 0 Å². The molecule has 0 saturated carbocycles. The Labute approximate surface area is 138 Å². The third-order valence-electron chi connectivity index (χ3n) is 4.48. The van der Waals surface area contributed by atoms with E-state index in [-0.39, 0.29) is 48.8 Å². The molecular weight excluding hydrogens is 314 g/mol. The molecule has 0 aliphatic carbocycles. The highest BCUT2D eigenvalue weighted by molar-refractivity contribution is 6.04. The van der Waals surface area contributed by atoms with Gasteiger partial charge in [0.25, 0.3) is 5.91 Å². The van der Waals surface area contributed by atoms with Gasteiger partial charge in [0, 0.05) is 19.4 Å². The summed E-state index contributed by atoms with van der Waals surface area (Å²) >= 11 is 0. The van der Waals surface area contributed by atoms with Gasteiger partial charge in [0.1, 0.15) is 12.2 Å². The van der Waals surface area contributed by atoms with E-state index in [1.807, 2.05) is 0 Å². The number of aromatic amines is 1. The molecule has 0 spiro atoms. The van der Waals surface area contributed by atoms with Gasteiger partial charge >= 0.3 is 0 Å². The number of carbonyl (C=O) groups is 4. The number of aromatic nitrogens is 2. The number of nitrogens with one attached hydrogen (secondary N) is 1. The largest absolute Gasteiger partial charge is 0.364 e. The number of rotatable bonds is 4. The molecule has 2 fully saturated rings. The van der Waals surface area contributed by atoms with Crippen molar-refractivity contribution in [1.29, 1.82) is 0 Å². The molecule has 0 aromatic carbocycles. The van der Waals surface area contributed by atoms with E-state index in [1.165, 1.54) is 0 Å². The Bertz CT molecular complexity index is 682. The molecular formula is C15H19N5O4. The summed E-state index contributed by atoms with van der Waals surface area (Å²) in [6, 6.07) is 1.28. The summed E-state index contributed by atoms with van der Waals surface area (Å²) in [5.74, 6) is -1.53. The number of hydrogen-bond acceptors (Lipinski definition) is 5. The van der Waals surface area contributed by atoms with Crippen LogP contribution in [0.15, 0.2) is 6.07 Å². The first-order valence-electron chi connectivity index (χ1n) is 7.95. The maximum absolute atomic E-state index is 12.6. The van der Waals surface area contributed by atoms with E-state index in [2.05, 4.69) is 10.2 Å². The van der Waals surface area contributed by atoms with Crippen LogP contribution in [0.25, 0.3) is 0 Å². The number of primary amides is 1. The fourth-order valence-corrected chi connectivity index (χ4v) is 3.21. The average Bonchev–Trinajstić information content (AvgIpc) is 3.17. The molecule has 1 aromatic heterocycles. The van der Waals surface area contributed by atoms with Crippen LogP contribution >= 0.6 is 0 Å². The number of likely N-dealkylation sites (tertiary alicyclic amines) is 2. The third kappa shape index (κ3) is 3.01. The Kier molecular flexibility index (Phi) is 4.32. The molecule has 0 radical (unpaired) electrons. The lowest BCUT2D eigenvalue weighted by Crippen LogP contribution is -2.45. The molecule has 9 heteroatoms. The second-order valence-corrected chi connectivity index (χ2v) is 6.05. The Hall–Kier alpha value is -2.71. The number of carbonyl (C=O) groups excluding carboxylic acids is 4. The minimum absolute atomic E-state index is 0.118. The van der Waals surface area contributed by atoms with Crippen LogP contribution in [0.1, 0.15) is 54.3 Å². The normalized spacial score (nSPS) is 21.4. The zero-order valence-electron chi connectivity index (χ0n) is 13.2. The third-order valence-corrected chi connectivity index (χ3v) is 4.48. The van der Waals surface area contributed by atoms with Gasteiger partial charge in [-0.05, 0) is 25.3 Å². The quantitative estimate of drug-likeness (QED) is 0.731. The molecule has 2 aliphatic rings.